The predicted molar refractivity (Wildman–Crippen MR) is 93.3 cm³/mol. The number of ether oxygens (including phenoxy) is 1. The van der Waals surface area contributed by atoms with Crippen molar-refractivity contribution in [2.75, 3.05) is 6.61 Å². The number of allylic oxidation sites excluding steroid dienone is 1. The van der Waals surface area contributed by atoms with Crippen molar-refractivity contribution in [1.29, 1.82) is 0 Å². The summed E-state index contributed by atoms with van der Waals surface area (Å²) in [5.74, 6) is -1.36. The van der Waals surface area contributed by atoms with Crippen molar-refractivity contribution in [3.05, 3.63) is 48.1 Å². The number of rotatable bonds is 9. The maximum Gasteiger partial charge on any atom is 0.335 e. The number of hydrogen-bond donors (Lipinski definition) is 3. The van der Waals surface area contributed by atoms with Gasteiger partial charge in [0, 0.05) is 11.5 Å². The Hall–Kier alpha value is -2.11. The molecule has 1 aromatic rings. The second kappa shape index (κ2) is 9.90. The van der Waals surface area contributed by atoms with Crippen LogP contribution < -0.4 is 0 Å². The van der Waals surface area contributed by atoms with Gasteiger partial charge in [-0.05, 0) is 32.8 Å². The van der Waals surface area contributed by atoms with Crippen molar-refractivity contribution < 1.29 is 24.9 Å². The monoisotopic (exact) mass is 334 g/mol. The zero-order chi connectivity index (χ0) is 18.1. The van der Waals surface area contributed by atoms with Crippen molar-refractivity contribution >= 4 is 12.0 Å². The standard InChI is InChI=1S/C19H26O5/c1-4-15(18(22)19(23)24-5-2)17(21)11-10-13(3)12-14-8-6-7-9-16(14)20/h4,6-9,12,15,17-18,20-22H,1,5,10-11H2,2-3H3/b13-12+/t15-,17-,18+/m1/s1. The number of phenolic OH excluding ortho intramolecular Hbond substituents is 1. The SMILES string of the molecule is C=C[C@H]([C@H](O)CC/C(C)=C/c1ccccc1O)[C@H](O)C(=O)OCC. The Balaban J connectivity index is 2.66. The van der Waals surface area contributed by atoms with Crippen molar-refractivity contribution in [2.24, 2.45) is 5.92 Å². The van der Waals surface area contributed by atoms with Gasteiger partial charge in [-0.2, -0.15) is 0 Å². The van der Waals surface area contributed by atoms with Gasteiger partial charge in [-0.15, -0.1) is 6.58 Å². The quantitative estimate of drug-likeness (QED) is 0.477. The van der Waals surface area contributed by atoms with Crippen LogP contribution in [0.5, 0.6) is 5.75 Å². The van der Waals surface area contributed by atoms with Crippen molar-refractivity contribution in [3.63, 3.8) is 0 Å². The van der Waals surface area contributed by atoms with E-state index in [4.69, 9.17) is 4.74 Å². The van der Waals surface area contributed by atoms with Gasteiger partial charge in [-0.3, -0.25) is 0 Å². The minimum atomic E-state index is -1.43. The minimum Gasteiger partial charge on any atom is -0.507 e. The zero-order valence-electron chi connectivity index (χ0n) is 14.2. The first-order valence-electron chi connectivity index (χ1n) is 8.01. The molecule has 0 fully saturated rings. The van der Waals surface area contributed by atoms with Crippen LogP contribution >= 0.6 is 0 Å². The smallest absolute Gasteiger partial charge is 0.335 e. The molecule has 0 saturated heterocycles. The molecule has 0 bridgehead atoms. The van der Waals surface area contributed by atoms with Crippen molar-refractivity contribution in [1.82, 2.24) is 0 Å². The van der Waals surface area contributed by atoms with Crippen LogP contribution in [0.4, 0.5) is 0 Å². The fourth-order valence-corrected chi connectivity index (χ4v) is 2.40. The summed E-state index contributed by atoms with van der Waals surface area (Å²) < 4.78 is 4.77. The number of hydrogen-bond acceptors (Lipinski definition) is 5. The number of phenols is 1. The molecule has 0 radical (unpaired) electrons. The van der Waals surface area contributed by atoms with Gasteiger partial charge in [-0.1, -0.05) is 35.9 Å². The highest BCUT2D eigenvalue weighted by molar-refractivity contribution is 5.75. The highest BCUT2D eigenvalue weighted by Crippen LogP contribution is 2.23. The first-order chi connectivity index (χ1) is 11.4. The molecule has 3 N–H and O–H groups in total. The maximum atomic E-state index is 11.6. The van der Waals surface area contributed by atoms with E-state index in [1.54, 1.807) is 25.1 Å². The molecule has 0 aromatic heterocycles. The molecule has 1 rings (SSSR count). The number of benzene rings is 1. The van der Waals surface area contributed by atoms with Gasteiger partial charge in [0.1, 0.15) is 5.75 Å². The molecule has 132 valence electrons. The topological polar surface area (TPSA) is 87.0 Å². The Labute approximate surface area is 142 Å². The van der Waals surface area contributed by atoms with E-state index in [1.165, 1.54) is 6.08 Å². The number of carbonyl (C=O) groups is 1. The lowest BCUT2D eigenvalue weighted by molar-refractivity contribution is -0.157. The average molecular weight is 334 g/mol. The molecule has 0 aliphatic carbocycles. The minimum absolute atomic E-state index is 0.165. The van der Waals surface area contributed by atoms with E-state index in [0.717, 1.165) is 5.57 Å². The summed E-state index contributed by atoms with van der Waals surface area (Å²) in [6.45, 7) is 7.28. The van der Waals surface area contributed by atoms with E-state index in [1.807, 2.05) is 19.1 Å². The molecule has 24 heavy (non-hydrogen) atoms. The summed E-state index contributed by atoms with van der Waals surface area (Å²) in [6.07, 6.45) is 1.76. The molecule has 0 heterocycles. The summed E-state index contributed by atoms with van der Waals surface area (Å²) in [7, 11) is 0. The average Bonchev–Trinajstić information content (AvgIpc) is 2.56. The van der Waals surface area contributed by atoms with Gasteiger partial charge in [0.25, 0.3) is 0 Å². The molecule has 0 aliphatic heterocycles. The molecule has 0 aliphatic rings. The number of aromatic hydroxyl groups is 1. The van der Waals surface area contributed by atoms with Gasteiger partial charge >= 0.3 is 5.97 Å². The molecule has 5 heteroatoms. The van der Waals surface area contributed by atoms with Crippen LogP contribution in [0.25, 0.3) is 6.08 Å². The predicted octanol–water partition coefficient (Wildman–Crippen LogP) is 2.66. The fraction of sp³-hybridized carbons (Fsp3) is 0.421. The fourth-order valence-electron chi connectivity index (χ4n) is 2.40. The lowest BCUT2D eigenvalue weighted by Crippen LogP contribution is -2.37. The second-order valence-corrected chi connectivity index (χ2v) is 5.67. The molecule has 0 unspecified atom stereocenters. The van der Waals surface area contributed by atoms with Crippen LogP contribution in [0.15, 0.2) is 42.5 Å². The number of para-hydroxylation sites is 1. The Morgan fingerprint density at radius 2 is 2.00 bits per heavy atom. The van der Waals surface area contributed by atoms with Gasteiger partial charge in [0.05, 0.1) is 12.7 Å². The molecule has 1 aromatic carbocycles. The lowest BCUT2D eigenvalue weighted by atomic mass is 9.91. The zero-order valence-corrected chi connectivity index (χ0v) is 14.2. The summed E-state index contributed by atoms with van der Waals surface area (Å²) in [5.41, 5.74) is 1.67. The van der Waals surface area contributed by atoms with Crippen molar-refractivity contribution in [3.8, 4) is 5.75 Å². The number of esters is 1. The maximum absolute atomic E-state index is 11.6. The molecule has 0 amide bonds. The number of aliphatic hydroxyl groups is 2. The van der Waals surface area contributed by atoms with Gasteiger partial charge in [0.2, 0.25) is 0 Å². The lowest BCUT2D eigenvalue weighted by Gasteiger charge is -2.23. The molecular weight excluding hydrogens is 308 g/mol. The molecule has 0 spiro atoms. The highest BCUT2D eigenvalue weighted by atomic mass is 16.5. The third-order valence-corrected chi connectivity index (χ3v) is 3.78. The Kier molecular flexibility index (Phi) is 8.22. The van der Waals surface area contributed by atoms with Gasteiger partial charge < -0.3 is 20.1 Å². The molecular formula is C19H26O5. The summed E-state index contributed by atoms with van der Waals surface area (Å²) in [5, 5.41) is 30.0. The van der Waals surface area contributed by atoms with Gasteiger partial charge in [0.15, 0.2) is 6.10 Å². The van der Waals surface area contributed by atoms with Crippen LogP contribution in [0, 0.1) is 5.92 Å². The van der Waals surface area contributed by atoms with Crippen molar-refractivity contribution in [2.45, 2.75) is 38.9 Å². The third-order valence-electron chi connectivity index (χ3n) is 3.78. The van der Waals surface area contributed by atoms with E-state index < -0.39 is 24.1 Å². The highest BCUT2D eigenvalue weighted by Gasteiger charge is 2.30. The molecule has 0 saturated carbocycles. The summed E-state index contributed by atoms with van der Waals surface area (Å²) in [4.78, 5) is 11.6. The van der Waals surface area contributed by atoms with E-state index in [0.29, 0.717) is 18.4 Å². The second-order valence-electron chi connectivity index (χ2n) is 5.67. The Bertz CT molecular complexity index is 579. The van der Waals surface area contributed by atoms with Crippen LogP contribution in [0.2, 0.25) is 0 Å². The van der Waals surface area contributed by atoms with E-state index in [-0.39, 0.29) is 12.4 Å². The Morgan fingerprint density at radius 1 is 1.33 bits per heavy atom. The normalized spacial score (nSPS) is 15.4. The van der Waals surface area contributed by atoms with Gasteiger partial charge in [-0.25, -0.2) is 4.79 Å². The van der Waals surface area contributed by atoms with E-state index in [9.17, 15) is 20.1 Å². The first kappa shape index (κ1) is 19.9. The largest absolute Gasteiger partial charge is 0.507 e. The molecule has 3 atom stereocenters. The van der Waals surface area contributed by atoms with Crippen LogP contribution in [-0.2, 0) is 9.53 Å². The third kappa shape index (κ3) is 5.83. The van der Waals surface area contributed by atoms with E-state index >= 15 is 0 Å². The number of carbonyl (C=O) groups excluding carboxylic acids is 1. The Morgan fingerprint density at radius 3 is 2.58 bits per heavy atom. The summed E-state index contributed by atoms with van der Waals surface area (Å²) >= 11 is 0. The summed E-state index contributed by atoms with van der Waals surface area (Å²) in [6, 6.07) is 6.98. The van der Waals surface area contributed by atoms with Crippen LogP contribution in [-0.4, -0.2) is 40.1 Å². The van der Waals surface area contributed by atoms with E-state index in [2.05, 4.69) is 6.58 Å². The number of aliphatic hydroxyl groups excluding tert-OH is 2. The van der Waals surface area contributed by atoms with Crippen LogP contribution in [0.3, 0.4) is 0 Å². The molecule has 5 nitrogen and oxygen atoms in total. The first-order valence-corrected chi connectivity index (χ1v) is 8.01. The van der Waals surface area contributed by atoms with Crippen LogP contribution in [0.1, 0.15) is 32.3 Å².